The predicted molar refractivity (Wildman–Crippen MR) is 148 cm³/mol. The molecule has 1 saturated heterocycles. The number of carbonyl (C=O) groups excluding carboxylic acids is 3. The summed E-state index contributed by atoms with van der Waals surface area (Å²) < 4.78 is 0. The first-order chi connectivity index (χ1) is 17.5. The van der Waals surface area contributed by atoms with Gasteiger partial charge in [0, 0.05) is 26.1 Å². The molecular weight excluding hydrogens is 460 g/mol. The fourth-order valence-corrected chi connectivity index (χ4v) is 5.55. The van der Waals surface area contributed by atoms with Crippen molar-refractivity contribution in [1.29, 1.82) is 0 Å². The lowest BCUT2D eigenvalue weighted by atomic mass is 9.76. The van der Waals surface area contributed by atoms with Gasteiger partial charge >= 0.3 is 0 Å². The zero-order valence-electron chi connectivity index (χ0n) is 22.9. The molecule has 2 aromatic carbocycles. The molecule has 5 heteroatoms. The number of carbonyl (C=O) groups is 3. The van der Waals surface area contributed by atoms with Crippen molar-refractivity contribution in [2.24, 2.45) is 11.3 Å². The summed E-state index contributed by atoms with van der Waals surface area (Å²) in [6.45, 7) is 11.8. The topological polar surface area (TPSA) is 57.7 Å². The van der Waals surface area contributed by atoms with Crippen LogP contribution in [-0.2, 0) is 27.3 Å². The smallest absolute Gasteiger partial charge is 0.245 e. The first-order valence-corrected chi connectivity index (χ1v) is 13.5. The monoisotopic (exact) mass is 500 g/mol. The molecule has 2 atom stereocenters. The van der Waals surface area contributed by atoms with Crippen molar-refractivity contribution in [3.05, 3.63) is 76.9 Å². The van der Waals surface area contributed by atoms with Gasteiger partial charge in [0.15, 0.2) is 5.78 Å². The number of ketones is 1. The molecule has 37 heavy (non-hydrogen) atoms. The van der Waals surface area contributed by atoms with E-state index in [4.69, 9.17) is 0 Å². The third-order valence-electron chi connectivity index (χ3n) is 7.90. The van der Waals surface area contributed by atoms with Crippen LogP contribution in [0.3, 0.4) is 0 Å². The average Bonchev–Trinajstić information content (AvgIpc) is 3.36. The van der Waals surface area contributed by atoms with Gasteiger partial charge in [0.25, 0.3) is 0 Å². The molecule has 2 aliphatic rings. The van der Waals surface area contributed by atoms with Crippen LogP contribution in [0.1, 0.15) is 69.2 Å². The molecule has 2 heterocycles. The summed E-state index contributed by atoms with van der Waals surface area (Å²) in [5, 5.41) is 0. The Labute approximate surface area is 221 Å². The van der Waals surface area contributed by atoms with E-state index in [9.17, 15) is 14.4 Å². The number of benzene rings is 2. The Kier molecular flexibility index (Phi) is 8.01. The van der Waals surface area contributed by atoms with Crippen LogP contribution in [0, 0.1) is 18.3 Å². The van der Waals surface area contributed by atoms with Crippen molar-refractivity contribution in [3.8, 4) is 0 Å². The van der Waals surface area contributed by atoms with E-state index in [1.807, 2.05) is 75.9 Å². The molecule has 0 saturated carbocycles. The summed E-state index contributed by atoms with van der Waals surface area (Å²) >= 11 is 0. The van der Waals surface area contributed by atoms with E-state index in [1.165, 1.54) is 16.7 Å². The molecule has 0 N–H and O–H groups in total. The Morgan fingerprint density at radius 3 is 2.35 bits per heavy atom. The fraction of sp³-hybridized carbons (Fsp3) is 0.469. The minimum absolute atomic E-state index is 0.0365. The molecule has 2 aliphatic heterocycles. The van der Waals surface area contributed by atoms with Gasteiger partial charge in [-0.05, 0) is 66.9 Å². The molecule has 0 unspecified atom stereocenters. The molecule has 0 radical (unpaired) electrons. The maximum absolute atomic E-state index is 13.9. The van der Waals surface area contributed by atoms with Gasteiger partial charge in [0.2, 0.25) is 11.8 Å². The largest absolute Gasteiger partial charge is 0.336 e. The van der Waals surface area contributed by atoms with Crippen molar-refractivity contribution in [3.63, 3.8) is 0 Å². The molecule has 2 amide bonds. The standard InChI is InChI=1S/C32H40N2O3/c1-22-12-14-24(15-13-22)23(2)19-27(35)20-28(32(3,4)5)30(36)34-17-8-11-29(34)31(37)33-18-16-25-9-6-7-10-26(25)21-33/h6-7,9-10,12-15,19,28-29H,8,11,16-18,20-21H2,1-5H3/b23-19+/t28-,29+/m1/s1. The van der Waals surface area contributed by atoms with Gasteiger partial charge < -0.3 is 9.80 Å². The molecule has 0 aliphatic carbocycles. The van der Waals surface area contributed by atoms with Gasteiger partial charge in [-0.3, -0.25) is 14.4 Å². The Morgan fingerprint density at radius 2 is 1.68 bits per heavy atom. The van der Waals surface area contributed by atoms with Gasteiger partial charge in [0.05, 0.1) is 5.92 Å². The highest BCUT2D eigenvalue weighted by atomic mass is 16.2. The Bertz CT molecular complexity index is 1190. The summed E-state index contributed by atoms with van der Waals surface area (Å²) in [6.07, 6.45) is 4.13. The number of amides is 2. The molecule has 2 aromatic rings. The van der Waals surface area contributed by atoms with E-state index in [-0.39, 0.29) is 24.0 Å². The van der Waals surface area contributed by atoms with Gasteiger partial charge in [0.1, 0.15) is 6.04 Å². The summed E-state index contributed by atoms with van der Waals surface area (Å²) in [4.78, 5) is 44.3. The van der Waals surface area contributed by atoms with E-state index in [0.717, 1.165) is 24.0 Å². The molecular formula is C32H40N2O3. The highest BCUT2D eigenvalue weighted by Gasteiger charge is 2.43. The SMILES string of the molecule is C/C(=C\C(=O)C[C@H](C(=O)N1CCC[C@H]1C(=O)N1CCc2ccccc2C1)C(C)(C)C)c1ccc(C)cc1. The van der Waals surface area contributed by atoms with Crippen molar-refractivity contribution in [2.45, 2.75) is 72.9 Å². The highest BCUT2D eigenvalue weighted by Crippen LogP contribution is 2.34. The fourth-order valence-electron chi connectivity index (χ4n) is 5.55. The average molecular weight is 501 g/mol. The van der Waals surface area contributed by atoms with Crippen LogP contribution >= 0.6 is 0 Å². The first-order valence-electron chi connectivity index (χ1n) is 13.5. The summed E-state index contributed by atoms with van der Waals surface area (Å²) in [5.74, 6) is -0.580. The lowest BCUT2D eigenvalue weighted by Crippen LogP contribution is -2.51. The van der Waals surface area contributed by atoms with Gasteiger partial charge in [-0.1, -0.05) is 74.9 Å². The van der Waals surface area contributed by atoms with E-state index < -0.39 is 17.4 Å². The number of hydrogen-bond acceptors (Lipinski definition) is 3. The van der Waals surface area contributed by atoms with Crippen LogP contribution in [0.4, 0.5) is 0 Å². The van der Waals surface area contributed by atoms with Crippen LogP contribution in [0.5, 0.6) is 0 Å². The molecule has 5 nitrogen and oxygen atoms in total. The Morgan fingerprint density at radius 1 is 1.00 bits per heavy atom. The highest BCUT2D eigenvalue weighted by molar-refractivity contribution is 5.99. The predicted octanol–water partition coefficient (Wildman–Crippen LogP) is 5.60. The van der Waals surface area contributed by atoms with Crippen molar-refractivity contribution in [1.82, 2.24) is 9.80 Å². The van der Waals surface area contributed by atoms with Crippen LogP contribution < -0.4 is 0 Å². The third kappa shape index (κ3) is 6.20. The molecule has 0 spiro atoms. The van der Waals surface area contributed by atoms with Gasteiger partial charge in [-0.2, -0.15) is 0 Å². The lowest BCUT2D eigenvalue weighted by Gasteiger charge is -2.37. The van der Waals surface area contributed by atoms with Gasteiger partial charge in [-0.15, -0.1) is 0 Å². The van der Waals surface area contributed by atoms with Crippen molar-refractivity contribution in [2.75, 3.05) is 13.1 Å². The molecule has 0 bridgehead atoms. The summed E-state index contributed by atoms with van der Waals surface area (Å²) in [7, 11) is 0. The molecule has 4 rings (SSSR count). The number of nitrogens with zero attached hydrogens (tertiary/aromatic N) is 2. The normalized spacial score (nSPS) is 18.9. The Balaban J connectivity index is 1.48. The minimum Gasteiger partial charge on any atom is -0.336 e. The Hall–Kier alpha value is -3.21. The number of aryl methyl sites for hydroxylation is 1. The number of fused-ring (bicyclic) bond motifs is 1. The zero-order valence-corrected chi connectivity index (χ0v) is 22.9. The van der Waals surface area contributed by atoms with E-state index in [1.54, 1.807) is 11.0 Å². The van der Waals surface area contributed by atoms with E-state index in [2.05, 4.69) is 12.1 Å². The number of rotatable bonds is 6. The third-order valence-corrected chi connectivity index (χ3v) is 7.90. The first kappa shape index (κ1) is 26.8. The van der Waals surface area contributed by atoms with Crippen LogP contribution in [0.25, 0.3) is 5.57 Å². The maximum atomic E-state index is 13.9. The summed E-state index contributed by atoms with van der Waals surface area (Å²) in [5.41, 5.74) is 5.15. The maximum Gasteiger partial charge on any atom is 0.245 e. The van der Waals surface area contributed by atoms with Crippen molar-refractivity contribution >= 4 is 23.2 Å². The minimum atomic E-state index is -0.488. The van der Waals surface area contributed by atoms with Crippen molar-refractivity contribution < 1.29 is 14.4 Å². The molecule has 0 aromatic heterocycles. The molecule has 1 fully saturated rings. The lowest BCUT2D eigenvalue weighted by molar-refractivity contribution is -0.149. The second-order valence-electron chi connectivity index (χ2n) is 11.8. The second-order valence-corrected chi connectivity index (χ2v) is 11.8. The van der Waals surface area contributed by atoms with E-state index in [0.29, 0.717) is 26.1 Å². The quantitative estimate of drug-likeness (QED) is 0.486. The van der Waals surface area contributed by atoms with Crippen LogP contribution in [0.15, 0.2) is 54.6 Å². The van der Waals surface area contributed by atoms with Crippen LogP contribution in [0.2, 0.25) is 0 Å². The number of hydrogen-bond donors (Lipinski definition) is 0. The van der Waals surface area contributed by atoms with Gasteiger partial charge in [-0.25, -0.2) is 0 Å². The second kappa shape index (κ2) is 11.0. The van der Waals surface area contributed by atoms with E-state index >= 15 is 0 Å². The molecule has 196 valence electrons. The van der Waals surface area contributed by atoms with Crippen LogP contribution in [-0.4, -0.2) is 46.5 Å². The summed E-state index contributed by atoms with van der Waals surface area (Å²) in [6, 6.07) is 15.9. The zero-order chi connectivity index (χ0) is 26.7. The number of likely N-dealkylation sites (tertiary alicyclic amines) is 1. The number of allylic oxidation sites excluding steroid dienone is 2.